The molecule has 1 fully saturated rings. The van der Waals surface area contributed by atoms with Gasteiger partial charge in [-0.1, -0.05) is 33.3 Å². The van der Waals surface area contributed by atoms with E-state index >= 15 is 0 Å². The lowest BCUT2D eigenvalue weighted by Crippen LogP contribution is -2.35. The van der Waals surface area contributed by atoms with Crippen molar-refractivity contribution in [1.82, 2.24) is 0 Å². The lowest BCUT2D eigenvalue weighted by molar-refractivity contribution is -0.0174. The molecule has 2 rings (SSSR count). The number of hydrogen-bond acceptors (Lipinski definition) is 2. The van der Waals surface area contributed by atoms with E-state index in [0.717, 1.165) is 12.0 Å². The van der Waals surface area contributed by atoms with Crippen molar-refractivity contribution in [1.29, 1.82) is 0 Å². The van der Waals surface area contributed by atoms with Gasteiger partial charge < -0.3 is 4.74 Å². The third kappa shape index (κ3) is 3.87. The maximum Gasteiger partial charge on any atom is 0.338 e. The van der Waals surface area contributed by atoms with E-state index in [2.05, 4.69) is 27.7 Å². The van der Waals surface area contributed by atoms with Gasteiger partial charge in [-0.05, 0) is 67.7 Å². The highest BCUT2D eigenvalue weighted by Gasteiger charge is 2.33. The summed E-state index contributed by atoms with van der Waals surface area (Å²) in [6, 6.07) is 5.81. The van der Waals surface area contributed by atoms with Crippen molar-refractivity contribution in [2.45, 2.75) is 60.0 Å². The molecule has 1 saturated carbocycles. The second kappa shape index (κ2) is 6.64. The van der Waals surface area contributed by atoms with Gasteiger partial charge in [0.15, 0.2) is 0 Å². The summed E-state index contributed by atoms with van der Waals surface area (Å²) < 4.78 is 5.88. The molecule has 0 aliphatic heterocycles. The van der Waals surface area contributed by atoms with Crippen molar-refractivity contribution in [3.63, 3.8) is 0 Å². The third-order valence-electron chi connectivity index (χ3n) is 4.96. The van der Waals surface area contributed by atoms with Crippen LogP contribution in [0.15, 0.2) is 18.2 Å². The summed E-state index contributed by atoms with van der Waals surface area (Å²) in [5, 5.41) is 0. The Bertz CT molecular complexity index is 504. The summed E-state index contributed by atoms with van der Waals surface area (Å²) in [5.74, 6) is 1.55. The number of benzene rings is 1. The Morgan fingerprint density at radius 1 is 1.19 bits per heavy atom. The molecule has 1 aromatic rings. The zero-order chi connectivity index (χ0) is 15.6. The van der Waals surface area contributed by atoms with Gasteiger partial charge in [-0.15, -0.1) is 0 Å². The smallest absolute Gasteiger partial charge is 0.338 e. The van der Waals surface area contributed by atoms with Gasteiger partial charge >= 0.3 is 5.97 Å². The molecule has 1 aliphatic rings. The molecule has 2 heteroatoms. The second-order valence-corrected chi connectivity index (χ2v) is 7.07. The zero-order valence-corrected chi connectivity index (χ0v) is 14.0. The van der Waals surface area contributed by atoms with Crippen LogP contribution in [0.5, 0.6) is 0 Å². The highest BCUT2D eigenvalue weighted by Crippen LogP contribution is 2.35. The van der Waals surface area contributed by atoms with E-state index in [9.17, 15) is 4.79 Å². The molecule has 1 aromatic carbocycles. The fourth-order valence-corrected chi connectivity index (χ4v) is 3.32. The first kappa shape index (κ1) is 16.1. The number of rotatable bonds is 3. The first-order valence-corrected chi connectivity index (χ1v) is 8.16. The molecule has 0 spiro atoms. The number of carbonyl (C=O) groups excluding carboxylic acids is 1. The Kier molecular flexibility index (Phi) is 5.08. The summed E-state index contributed by atoms with van der Waals surface area (Å²) in [5.41, 5.74) is 3.03. The lowest BCUT2D eigenvalue weighted by Gasteiger charge is -2.36. The van der Waals surface area contributed by atoms with Crippen LogP contribution in [-0.4, -0.2) is 12.1 Å². The molecule has 0 saturated heterocycles. The van der Waals surface area contributed by atoms with Crippen LogP contribution in [0.25, 0.3) is 0 Å². The van der Waals surface area contributed by atoms with Crippen LogP contribution in [0.2, 0.25) is 0 Å². The van der Waals surface area contributed by atoms with E-state index in [4.69, 9.17) is 4.74 Å². The van der Waals surface area contributed by atoms with Gasteiger partial charge in [0.05, 0.1) is 5.56 Å². The van der Waals surface area contributed by atoms with Crippen molar-refractivity contribution in [2.24, 2.45) is 17.8 Å². The molecule has 116 valence electrons. The van der Waals surface area contributed by atoms with Gasteiger partial charge in [0.1, 0.15) is 6.10 Å². The van der Waals surface area contributed by atoms with Crippen molar-refractivity contribution in [3.8, 4) is 0 Å². The summed E-state index contributed by atoms with van der Waals surface area (Å²) in [6.45, 7) is 10.8. The van der Waals surface area contributed by atoms with Gasteiger partial charge in [-0.2, -0.15) is 0 Å². The van der Waals surface area contributed by atoms with Crippen LogP contribution < -0.4 is 0 Å². The Labute approximate surface area is 128 Å². The van der Waals surface area contributed by atoms with Crippen LogP contribution in [0, 0.1) is 31.6 Å². The summed E-state index contributed by atoms with van der Waals surface area (Å²) in [6.07, 6.45) is 3.49. The van der Waals surface area contributed by atoms with E-state index in [0.29, 0.717) is 23.3 Å². The Morgan fingerprint density at radius 3 is 2.52 bits per heavy atom. The minimum Gasteiger partial charge on any atom is -0.458 e. The topological polar surface area (TPSA) is 26.3 Å². The van der Waals surface area contributed by atoms with Crippen molar-refractivity contribution >= 4 is 5.97 Å². The maximum absolute atomic E-state index is 12.4. The molecule has 3 atom stereocenters. The van der Waals surface area contributed by atoms with Crippen molar-refractivity contribution in [3.05, 3.63) is 34.9 Å². The standard InChI is InChI=1S/C19H28O2/c1-12(2)17-9-6-13(3)10-18(17)21-19(20)16-8-7-14(4)15(5)11-16/h7-8,11-13,17-18H,6,9-10H2,1-5H3/t13-,17-,18+/m0/s1. The Balaban J connectivity index is 2.10. The average molecular weight is 288 g/mol. The second-order valence-electron chi connectivity index (χ2n) is 7.07. The summed E-state index contributed by atoms with van der Waals surface area (Å²) in [4.78, 5) is 12.4. The Morgan fingerprint density at radius 2 is 1.90 bits per heavy atom. The molecule has 0 heterocycles. The number of aryl methyl sites for hydroxylation is 2. The molecule has 0 N–H and O–H groups in total. The predicted molar refractivity (Wildman–Crippen MR) is 86.5 cm³/mol. The first-order valence-electron chi connectivity index (χ1n) is 8.16. The number of esters is 1. The monoisotopic (exact) mass is 288 g/mol. The minimum absolute atomic E-state index is 0.0721. The quantitative estimate of drug-likeness (QED) is 0.738. The molecule has 1 aliphatic carbocycles. The van der Waals surface area contributed by atoms with E-state index in [-0.39, 0.29) is 12.1 Å². The zero-order valence-electron chi connectivity index (χ0n) is 14.0. The van der Waals surface area contributed by atoms with Crippen molar-refractivity contribution in [2.75, 3.05) is 0 Å². The minimum atomic E-state index is -0.164. The van der Waals surface area contributed by atoms with Gasteiger partial charge in [-0.3, -0.25) is 0 Å². The molecule has 21 heavy (non-hydrogen) atoms. The number of carbonyl (C=O) groups is 1. The van der Waals surface area contributed by atoms with Gasteiger partial charge in [-0.25, -0.2) is 4.79 Å². The van der Waals surface area contributed by atoms with E-state index < -0.39 is 0 Å². The molecular formula is C19H28O2. The molecule has 0 bridgehead atoms. The summed E-state index contributed by atoms with van der Waals surface area (Å²) in [7, 11) is 0. The predicted octanol–water partition coefficient (Wildman–Crippen LogP) is 4.92. The van der Waals surface area contributed by atoms with Gasteiger partial charge in [0, 0.05) is 0 Å². The SMILES string of the molecule is Cc1ccc(C(=O)O[C@@H]2C[C@@H](C)CC[C@H]2C(C)C)cc1C. The maximum atomic E-state index is 12.4. The normalized spacial score (nSPS) is 25.9. The van der Waals surface area contributed by atoms with E-state index in [1.54, 1.807) is 0 Å². The fourth-order valence-electron chi connectivity index (χ4n) is 3.32. The lowest BCUT2D eigenvalue weighted by atomic mass is 9.75. The van der Waals surface area contributed by atoms with Crippen LogP contribution in [0.1, 0.15) is 61.5 Å². The fraction of sp³-hybridized carbons (Fsp3) is 0.632. The van der Waals surface area contributed by atoms with E-state index in [1.165, 1.54) is 18.4 Å². The average Bonchev–Trinajstić information content (AvgIpc) is 2.41. The molecular weight excluding hydrogens is 260 g/mol. The summed E-state index contributed by atoms with van der Waals surface area (Å²) >= 11 is 0. The number of hydrogen-bond donors (Lipinski definition) is 0. The molecule has 0 amide bonds. The van der Waals surface area contributed by atoms with E-state index in [1.807, 2.05) is 25.1 Å². The largest absolute Gasteiger partial charge is 0.458 e. The highest BCUT2D eigenvalue weighted by molar-refractivity contribution is 5.89. The van der Waals surface area contributed by atoms with Gasteiger partial charge in [0.2, 0.25) is 0 Å². The number of ether oxygens (including phenoxy) is 1. The molecule has 0 aromatic heterocycles. The van der Waals surface area contributed by atoms with Crippen LogP contribution >= 0.6 is 0 Å². The third-order valence-corrected chi connectivity index (χ3v) is 4.96. The van der Waals surface area contributed by atoms with Crippen LogP contribution in [-0.2, 0) is 4.74 Å². The molecule has 0 unspecified atom stereocenters. The van der Waals surface area contributed by atoms with Crippen LogP contribution in [0.4, 0.5) is 0 Å². The highest BCUT2D eigenvalue weighted by atomic mass is 16.5. The molecule has 2 nitrogen and oxygen atoms in total. The molecule has 0 radical (unpaired) electrons. The van der Waals surface area contributed by atoms with Crippen LogP contribution in [0.3, 0.4) is 0 Å². The first-order chi connectivity index (χ1) is 9.88. The van der Waals surface area contributed by atoms with Crippen molar-refractivity contribution < 1.29 is 9.53 Å². The Hall–Kier alpha value is -1.31. The van der Waals surface area contributed by atoms with Gasteiger partial charge in [0.25, 0.3) is 0 Å².